The number of ether oxygens (including phenoxy) is 1. The van der Waals surface area contributed by atoms with Crippen LogP contribution in [0.1, 0.15) is 44.8 Å². The molecule has 3 heterocycles. The van der Waals surface area contributed by atoms with Crippen LogP contribution in [0.15, 0.2) is 12.7 Å². The Morgan fingerprint density at radius 1 is 1.15 bits per heavy atom. The van der Waals surface area contributed by atoms with Crippen molar-refractivity contribution < 1.29 is 14.9 Å². The van der Waals surface area contributed by atoms with Crippen molar-refractivity contribution >= 4 is 17.0 Å². The number of nitrogen functional groups attached to an aromatic ring is 1. The summed E-state index contributed by atoms with van der Waals surface area (Å²) >= 11 is 0. The molecule has 2 fully saturated rings. The second kappa shape index (κ2) is 7.07. The Balaban J connectivity index is 1.47. The molecule has 26 heavy (non-hydrogen) atoms. The van der Waals surface area contributed by atoms with E-state index in [1.54, 1.807) is 4.57 Å². The van der Waals surface area contributed by atoms with Crippen LogP contribution in [0.5, 0.6) is 0 Å². The number of rotatable bonds is 5. The zero-order valence-electron chi connectivity index (χ0n) is 14.6. The van der Waals surface area contributed by atoms with E-state index in [1.807, 2.05) is 0 Å². The number of anilines is 1. The molecule has 2 aromatic heterocycles. The number of hydrogen-bond acceptors (Lipinski definition) is 8. The first-order chi connectivity index (χ1) is 12.5. The summed E-state index contributed by atoms with van der Waals surface area (Å²) in [5.41, 5.74) is 13.0. The van der Waals surface area contributed by atoms with E-state index in [1.165, 1.54) is 38.3 Å². The van der Waals surface area contributed by atoms with Crippen LogP contribution < -0.4 is 11.5 Å². The first-order valence-corrected chi connectivity index (χ1v) is 9.24. The van der Waals surface area contributed by atoms with E-state index in [2.05, 4.69) is 15.0 Å². The van der Waals surface area contributed by atoms with Gasteiger partial charge in [-0.05, 0) is 18.8 Å². The van der Waals surface area contributed by atoms with Gasteiger partial charge in [0.05, 0.1) is 12.4 Å². The van der Waals surface area contributed by atoms with Gasteiger partial charge in [-0.3, -0.25) is 4.57 Å². The maximum Gasteiger partial charge on any atom is 0.167 e. The Bertz CT molecular complexity index is 762. The average Bonchev–Trinajstić information content (AvgIpc) is 3.32. The van der Waals surface area contributed by atoms with Crippen LogP contribution in [0, 0.1) is 5.92 Å². The quantitative estimate of drug-likeness (QED) is 0.595. The van der Waals surface area contributed by atoms with Gasteiger partial charge in [-0.15, -0.1) is 0 Å². The molecule has 5 atom stereocenters. The van der Waals surface area contributed by atoms with Crippen molar-refractivity contribution in [1.29, 1.82) is 0 Å². The number of imidazole rings is 1. The maximum atomic E-state index is 10.5. The molecule has 5 unspecified atom stereocenters. The number of nitrogens with two attached hydrogens (primary N) is 2. The first kappa shape index (κ1) is 17.6. The van der Waals surface area contributed by atoms with E-state index in [4.69, 9.17) is 16.2 Å². The Labute approximate surface area is 151 Å². The summed E-state index contributed by atoms with van der Waals surface area (Å²) in [5, 5.41) is 20.9. The molecule has 142 valence electrons. The van der Waals surface area contributed by atoms with Crippen molar-refractivity contribution in [2.24, 2.45) is 11.7 Å². The van der Waals surface area contributed by atoms with Gasteiger partial charge in [-0.2, -0.15) is 0 Å². The molecule has 0 aromatic carbocycles. The van der Waals surface area contributed by atoms with Crippen molar-refractivity contribution in [1.82, 2.24) is 19.5 Å². The smallest absolute Gasteiger partial charge is 0.167 e. The second-order valence-corrected chi connectivity index (χ2v) is 7.51. The molecule has 6 N–H and O–H groups in total. The third-order valence-corrected chi connectivity index (χ3v) is 5.64. The SMILES string of the molecule is Nc1ncnc2c1ncn2C1OC(CC(N)CC2CCCC2)C(O)C1O. The second-order valence-electron chi connectivity index (χ2n) is 7.51. The number of aromatic nitrogens is 4. The largest absolute Gasteiger partial charge is 0.388 e. The van der Waals surface area contributed by atoms with E-state index in [0.717, 1.165) is 6.42 Å². The molecule has 1 saturated carbocycles. The molecule has 2 aliphatic rings. The first-order valence-electron chi connectivity index (χ1n) is 9.24. The molecule has 0 radical (unpaired) electrons. The van der Waals surface area contributed by atoms with Crippen LogP contribution in [0.25, 0.3) is 11.2 Å². The lowest BCUT2D eigenvalue weighted by Crippen LogP contribution is -2.36. The molecule has 0 amide bonds. The van der Waals surface area contributed by atoms with Gasteiger partial charge in [-0.1, -0.05) is 25.7 Å². The van der Waals surface area contributed by atoms with Crippen LogP contribution >= 0.6 is 0 Å². The Morgan fingerprint density at radius 3 is 2.69 bits per heavy atom. The molecule has 9 heteroatoms. The van der Waals surface area contributed by atoms with Crippen molar-refractivity contribution in [2.45, 2.75) is 69.1 Å². The monoisotopic (exact) mass is 362 g/mol. The van der Waals surface area contributed by atoms with E-state index in [9.17, 15) is 10.2 Å². The fourth-order valence-electron chi connectivity index (χ4n) is 4.28. The molecule has 0 spiro atoms. The minimum absolute atomic E-state index is 0.0544. The van der Waals surface area contributed by atoms with Crippen molar-refractivity contribution in [3.05, 3.63) is 12.7 Å². The van der Waals surface area contributed by atoms with E-state index in [0.29, 0.717) is 23.5 Å². The fraction of sp³-hybridized carbons (Fsp3) is 0.706. The molecule has 0 bridgehead atoms. The lowest BCUT2D eigenvalue weighted by Gasteiger charge is -2.21. The Morgan fingerprint density at radius 2 is 1.92 bits per heavy atom. The highest BCUT2D eigenvalue weighted by molar-refractivity contribution is 5.81. The van der Waals surface area contributed by atoms with E-state index >= 15 is 0 Å². The van der Waals surface area contributed by atoms with Gasteiger partial charge in [-0.25, -0.2) is 15.0 Å². The van der Waals surface area contributed by atoms with Crippen molar-refractivity contribution in [3.8, 4) is 0 Å². The minimum Gasteiger partial charge on any atom is -0.388 e. The van der Waals surface area contributed by atoms with Crippen LogP contribution in [0.4, 0.5) is 5.82 Å². The molecule has 4 rings (SSSR count). The van der Waals surface area contributed by atoms with E-state index < -0.39 is 24.5 Å². The predicted molar refractivity (Wildman–Crippen MR) is 94.8 cm³/mol. The lowest BCUT2D eigenvalue weighted by molar-refractivity contribution is -0.0390. The normalized spacial score (nSPS) is 31.0. The summed E-state index contributed by atoms with van der Waals surface area (Å²) in [6.07, 6.45) is 5.89. The standard InChI is InChI=1S/C17H26N6O3/c18-10(5-9-3-1-2-4-9)6-11-13(24)14(25)17(26-11)23-8-22-12-15(19)20-7-21-16(12)23/h7-11,13-14,17,24-25H,1-6,18H2,(H2,19,20,21). The third-order valence-electron chi connectivity index (χ3n) is 5.64. The zero-order valence-corrected chi connectivity index (χ0v) is 14.6. The number of aliphatic hydroxyl groups excluding tert-OH is 2. The molecule has 9 nitrogen and oxygen atoms in total. The highest BCUT2D eigenvalue weighted by Gasteiger charge is 2.44. The van der Waals surface area contributed by atoms with Crippen molar-refractivity contribution in [3.63, 3.8) is 0 Å². The fourth-order valence-corrected chi connectivity index (χ4v) is 4.28. The molecule has 1 aliphatic carbocycles. The van der Waals surface area contributed by atoms with Gasteiger partial charge in [0.2, 0.25) is 0 Å². The summed E-state index contributed by atoms with van der Waals surface area (Å²) in [6.45, 7) is 0. The Hall–Kier alpha value is -1.81. The van der Waals surface area contributed by atoms with Crippen LogP contribution in [-0.4, -0.2) is 54.1 Å². The van der Waals surface area contributed by atoms with Gasteiger partial charge in [0.15, 0.2) is 17.7 Å². The summed E-state index contributed by atoms with van der Waals surface area (Å²) < 4.78 is 7.54. The zero-order chi connectivity index (χ0) is 18.3. The molecular formula is C17H26N6O3. The van der Waals surface area contributed by atoms with Gasteiger partial charge in [0.25, 0.3) is 0 Å². The summed E-state index contributed by atoms with van der Waals surface area (Å²) in [5.74, 6) is 0.929. The summed E-state index contributed by atoms with van der Waals surface area (Å²) in [4.78, 5) is 12.3. The highest BCUT2D eigenvalue weighted by Crippen LogP contribution is 2.35. The van der Waals surface area contributed by atoms with Crippen LogP contribution in [0.2, 0.25) is 0 Å². The molecular weight excluding hydrogens is 336 g/mol. The lowest BCUT2D eigenvalue weighted by atomic mass is 9.94. The summed E-state index contributed by atoms with van der Waals surface area (Å²) in [6, 6.07) is -0.0544. The number of hydrogen-bond donors (Lipinski definition) is 4. The number of nitrogens with zero attached hydrogens (tertiary/aromatic N) is 4. The van der Waals surface area contributed by atoms with Gasteiger partial charge >= 0.3 is 0 Å². The maximum absolute atomic E-state index is 10.5. The topological polar surface area (TPSA) is 145 Å². The summed E-state index contributed by atoms with van der Waals surface area (Å²) in [7, 11) is 0. The Kier molecular flexibility index (Phi) is 4.78. The molecule has 1 aliphatic heterocycles. The van der Waals surface area contributed by atoms with Gasteiger partial charge < -0.3 is 26.4 Å². The molecule has 1 saturated heterocycles. The van der Waals surface area contributed by atoms with Gasteiger partial charge in [0.1, 0.15) is 24.1 Å². The third kappa shape index (κ3) is 3.16. The average molecular weight is 362 g/mol. The van der Waals surface area contributed by atoms with Gasteiger partial charge in [0, 0.05) is 6.04 Å². The number of fused-ring (bicyclic) bond motifs is 1. The van der Waals surface area contributed by atoms with E-state index in [-0.39, 0.29) is 11.9 Å². The predicted octanol–water partition coefficient (Wildman–Crippen LogP) is 0.325. The van der Waals surface area contributed by atoms with Crippen LogP contribution in [-0.2, 0) is 4.74 Å². The highest BCUT2D eigenvalue weighted by atomic mass is 16.6. The van der Waals surface area contributed by atoms with Crippen molar-refractivity contribution in [2.75, 3.05) is 5.73 Å². The number of aliphatic hydroxyl groups is 2. The minimum atomic E-state index is -1.09. The molecule has 2 aromatic rings. The van der Waals surface area contributed by atoms with Crippen LogP contribution in [0.3, 0.4) is 0 Å².